The summed E-state index contributed by atoms with van der Waals surface area (Å²) >= 11 is 0. The van der Waals surface area contributed by atoms with Crippen molar-refractivity contribution in [3.63, 3.8) is 0 Å². The molecule has 2 aliphatic heterocycles. The first-order chi connectivity index (χ1) is 33.6. The number of halogens is 4. The SMILES string of the molecule is CC(=N)/C(=C(/C)N)c1ccc(=O)n(-c2cc(F)cc(CC3=C(c4ccc(=O)n(-c5ccc(OC(C)CCC6NN=C(C)C6c6ccc(=O)n(-c7ccc(OC(F)(F)F)cc7)c6)cc5)c4)C(C)(C)NN3)c2)c1. The lowest BCUT2D eigenvalue weighted by Crippen LogP contribution is -2.41. The van der Waals surface area contributed by atoms with Crippen LogP contribution in [0.5, 0.6) is 11.5 Å². The highest BCUT2D eigenvalue weighted by molar-refractivity contribution is 6.21. The lowest BCUT2D eigenvalue weighted by molar-refractivity contribution is -0.274. The highest BCUT2D eigenvalue weighted by Crippen LogP contribution is 2.35. The Morgan fingerprint density at radius 1 is 0.817 bits per heavy atom. The molecule has 0 amide bonds. The van der Waals surface area contributed by atoms with Crippen molar-refractivity contribution in [2.45, 2.75) is 90.8 Å². The second-order valence-electron chi connectivity index (χ2n) is 18.3. The molecule has 0 spiro atoms. The fourth-order valence-electron chi connectivity index (χ4n) is 9.31. The van der Waals surface area contributed by atoms with E-state index in [-0.39, 0.29) is 46.9 Å². The number of nitrogens with zero attached hydrogens (tertiary/aromatic N) is 4. The van der Waals surface area contributed by atoms with Crippen molar-refractivity contribution in [2.75, 3.05) is 0 Å². The van der Waals surface area contributed by atoms with E-state index in [1.165, 1.54) is 51.6 Å². The summed E-state index contributed by atoms with van der Waals surface area (Å²) in [6.07, 6.45) is 1.50. The van der Waals surface area contributed by atoms with Gasteiger partial charge in [-0.05, 0) is 150 Å². The van der Waals surface area contributed by atoms with Crippen LogP contribution in [-0.4, -0.2) is 49.2 Å². The second-order valence-corrected chi connectivity index (χ2v) is 18.3. The summed E-state index contributed by atoms with van der Waals surface area (Å²) in [5, 5.41) is 12.7. The predicted octanol–water partition coefficient (Wildman–Crippen LogP) is 8.43. The summed E-state index contributed by atoms with van der Waals surface area (Å²) in [6.45, 7) is 11.1. The van der Waals surface area contributed by atoms with E-state index in [4.69, 9.17) is 15.9 Å². The molecule has 0 saturated carbocycles. The largest absolute Gasteiger partial charge is 0.573 e. The maximum Gasteiger partial charge on any atom is 0.573 e. The highest BCUT2D eigenvalue weighted by Gasteiger charge is 2.35. The van der Waals surface area contributed by atoms with Gasteiger partial charge in [0.25, 0.3) is 16.7 Å². The summed E-state index contributed by atoms with van der Waals surface area (Å²) < 4.78 is 68.1. The number of pyridine rings is 3. The zero-order valence-electron chi connectivity index (χ0n) is 39.8. The molecule has 0 saturated heterocycles. The predicted molar refractivity (Wildman–Crippen MR) is 266 cm³/mol. The van der Waals surface area contributed by atoms with Crippen LogP contribution in [0, 0.1) is 11.2 Å². The number of allylic oxidation sites excluding steroid dienone is 3. The Balaban J connectivity index is 0.958. The van der Waals surface area contributed by atoms with Crippen LogP contribution >= 0.6 is 0 Å². The van der Waals surface area contributed by atoms with Gasteiger partial charge in [-0.1, -0.05) is 6.07 Å². The zero-order valence-corrected chi connectivity index (χ0v) is 39.8. The number of alkyl halides is 3. The molecule has 2 aliphatic rings. The van der Waals surface area contributed by atoms with Crippen molar-refractivity contribution in [3.05, 3.63) is 192 Å². The molecule has 3 aromatic heterocycles. The summed E-state index contributed by atoms with van der Waals surface area (Å²) in [6, 6.07) is 26.0. The molecule has 0 fully saturated rings. The molecule has 0 bridgehead atoms. The Kier molecular flexibility index (Phi) is 13.8. The monoisotopic (exact) mass is 971 g/mol. The van der Waals surface area contributed by atoms with E-state index in [0.29, 0.717) is 58.1 Å². The van der Waals surface area contributed by atoms with Crippen LogP contribution in [0.1, 0.15) is 82.6 Å². The van der Waals surface area contributed by atoms with Gasteiger partial charge in [-0.2, -0.15) is 5.10 Å². The van der Waals surface area contributed by atoms with Crippen molar-refractivity contribution >= 4 is 22.6 Å². The summed E-state index contributed by atoms with van der Waals surface area (Å²) in [7, 11) is 0. The first-order valence-electron chi connectivity index (χ1n) is 22.8. The fraction of sp³-hybridized carbons (Fsp3) is 0.264. The van der Waals surface area contributed by atoms with Crippen LogP contribution in [-0.2, 0) is 6.42 Å². The minimum Gasteiger partial charge on any atom is -0.491 e. The summed E-state index contributed by atoms with van der Waals surface area (Å²) in [5.74, 6) is -0.512. The Hall–Kier alpha value is -7.99. The number of hydrazine groups is 1. The lowest BCUT2D eigenvalue weighted by Gasteiger charge is -2.23. The Bertz CT molecular complexity index is 3290. The molecule has 3 unspecified atom stereocenters. The van der Waals surface area contributed by atoms with Crippen molar-refractivity contribution in [3.8, 4) is 28.6 Å². The van der Waals surface area contributed by atoms with Gasteiger partial charge in [0.1, 0.15) is 17.3 Å². The van der Waals surface area contributed by atoms with Crippen LogP contribution in [0.4, 0.5) is 17.6 Å². The van der Waals surface area contributed by atoms with Crippen LogP contribution < -0.4 is 48.2 Å². The fourth-order valence-corrected chi connectivity index (χ4v) is 9.31. The molecule has 3 aromatic carbocycles. The number of hydrogen-bond donors (Lipinski definition) is 5. The van der Waals surface area contributed by atoms with Gasteiger partial charge in [0.2, 0.25) is 0 Å². The third-order valence-corrected chi connectivity index (χ3v) is 12.5. The molecule has 18 heteroatoms. The molecule has 14 nitrogen and oxygen atoms in total. The average molecular weight is 972 g/mol. The van der Waals surface area contributed by atoms with E-state index in [0.717, 1.165) is 40.2 Å². The van der Waals surface area contributed by atoms with Gasteiger partial charge in [0.15, 0.2) is 0 Å². The Morgan fingerprint density at radius 3 is 2.06 bits per heavy atom. The van der Waals surface area contributed by atoms with Gasteiger partial charge in [-0.15, -0.1) is 13.2 Å². The number of ether oxygens (including phenoxy) is 2. The zero-order chi connectivity index (χ0) is 50.9. The number of nitrogens with one attached hydrogen (secondary N) is 4. The third-order valence-electron chi connectivity index (χ3n) is 12.5. The molecule has 0 radical (unpaired) electrons. The van der Waals surface area contributed by atoms with E-state index >= 15 is 4.39 Å². The van der Waals surface area contributed by atoms with Crippen molar-refractivity contribution in [2.24, 2.45) is 10.8 Å². The van der Waals surface area contributed by atoms with Crippen LogP contribution in [0.2, 0.25) is 0 Å². The molecular weight excluding hydrogens is 919 g/mol. The van der Waals surface area contributed by atoms with Gasteiger partial charge < -0.3 is 31.5 Å². The molecule has 5 heterocycles. The molecule has 0 aliphatic carbocycles. The highest BCUT2D eigenvalue weighted by atomic mass is 19.4. The maximum absolute atomic E-state index is 15.4. The molecule has 8 rings (SSSR count). The third kappa shape index (κ3) is 11.1. The number of benzene rings is 3. The van der Waals surface area contributed by atoms with E-state index in [2.05, 4.69) is 26.1 Å². The van der Waals surface area contributed by atoms with E-state index in [1.807, 2.05) is 27.7 Å². The second kappa shape index (κ2) is 19.8. The summed E-state index contributed by atoms with van der Waals surface area (Å²) in [4.78, 5) is 39.4. The molecule has 71 heavy (non-hydrogen) atoms. The maximum atomic E-state index is 15.4. The van der Waals surface area contributed by atoms with Gasteiger partial charge >= 0.3 is 6.36 Å². The molecule has 3 atom stereocenters. The standard InChI is InChI=1S/C53H53F4N9O5/c1-30(7-19-44-50(33(4)60-61-44)36-9-21-46(67)64(28-36)40-13-17-43(18-14-40)71-53(55,56)57)70-42-15-11-39(12-16-42)65-29-37(10-22-47(65)68)51-45(62-63-52(51,5)6)25-34-23-38(54)26-41(24-34)66-27-35(8-20-48(66)69)49(31(2)58)32(3)59/h8-18,20-24,26-30,44,50,58,61-63H,7,19,25,59H2,1-6H3/b49-32+,58-31?. The normalized spacial score (nSPS) is 17.2. The molecule has 6 aromatic rings. The number of aromatic nitrogens is 3. The molecule has 6 N–H and O–H groups in total. The van der Waals surface area contributed by atoms with Crippen LogP contribution in [0.25, 0.3) is 28.2 Å². The molecular formula is C53H53F4N9O5. The van der Waals surface area contributed by atoms with E-state index in [1.54, 1.807) is 85.5 Å². The quantitative estimate of drug-likeness (QED) is 0.0498. The van der Waals surface area contributed by atoms with Gasteiger partial charge in [0.05, 0.1) is 23.4 Å². The number of nitrogens with two attached hydrogens (primary N) is 1. The van der Waals surface area contributed by atoms with Crippen molar-refractivity contribution < 1.29 is 27.0 Å². The first-order valence-corrected chi connectivity index (χ1v) is 22.8. The van der Waals surface area contributed by atoms with E-state index < -0.39 is 23.5 Å². The Labute approximate surface area is 406 Å². The first kappa shape index (κ1) is 49.4. The van der Waals surface area contributed by atoms with Crippen LogP contribution in [0.3, 0.4) is 0 Å². The van der Waals surface area contributed by atoms with Gasteiger partial charge in [0, 0.05) is 100 Å². The van der Waals surface area contributed by atoms with Crippen molar-refractivity contribution in [1.82, 2.24) is 30.0 Å². The smallest absolute Gasteiger partial charge is 0.491 e. The number of rotatable bonds is 15. The number of hydrogen-bond acceptors (Lipinski definition) is 11. The van der Waals surface area contributed by atoms with Gasteiger partial charge in [-0.25, -0.2) is 9.82 Å². The van der Waals surface area contributed by atoms with Gasteiger partial charge in [-0.3, -0.25) is 28.1 Å². The van der Waals surface area contributed by atoms with E-state index in [9.17, 15) is 27.6 Å². The average Bonchev–Trinajstić information content (AvgIpc) is 3.82. The number of hydrazone groups is 1. The molecule has 368 valence electrons. The topological polar surface area (TPSA) is 183 Å². The minimum absolute atomic E-state index is 0.127. The minimum atomic E-state index is -4.83. The van der Waals surface area contributed by atoms with Crippen molar-refractivity contribution in [1.29, 1.82) is 5.41 Å². The van der Waals surface area contributed by atoms with Crippen LogP contribution in [0.15, 0.2) is 153 Å². The summed E-state index contributed by atoms with van der Waals surface area (Å²) in [5.41, 5.74) is 21.9. The lowest BCUT2D eigenvalue weighted by atomic mass is 9.87. The Morgan fingerprint density at radius 2 is 1.42 bits per heavy atom.